The van der Waals surface area contributed by atoms with Crippen LogP contribution in [0.2, 0.25) is 10.0 Å². The number of nitrogens with two attached hydrogens (primary N) is 1. The van der Waals surface area contributed by atoms with E-state index in [1.54, 1.807) is 6.92 Å². The lowest BCUT2D eigenvalue weighted by molar-refractivity contribution is 0.404. The van der Waals surface area contributed by atoms with Crippen LogP contribution in [0.1, 0.15) is 13.3 Å². The average molecular weight is 341 g/mol. The van der Waals surface area contributed by atoms with Crippen LogP contribution in [0, 0.1) is 11.7 Å². The van der Waals surface area contributed by atoms with E-state index in [-0.39, 0.29) is 21.9 Å². The van der Waals surface area contributed by atoms with Crippen molar-refractivity contribution in [2.45, 2.75) is 24.3 Å². The Kier molecular flexibility index (Phi) is 4.61. The summed E-state index contributed by atoms with van der Waals surface area (Å²) in [5.41, 5.74) is 5.59. The molecule has 1 aliphatic rings. The minimum atomic E-state index is -3.85. The van der Waals surface area contributed by atoms with Crippen LogP contribution in [-0.4, -0.2) is 31.9 Å². The number of rotatable bonds is 3. The zero-order valence-corrected chi connectivity index (χ0v) is 13.1. The van der Waals surface area contributed by atoms with Gasteiger partial charge in [-0.25, -0.2) is 12.8 Å². The second kappa shape index (κ2) is 5.77. The van der Waals surface area contributed by atoms with Crippen LogP contribution in [0.15, 0.2) is 17.0 Å². The highest BCUT2D eigenvalue weighted by Crippen LogP contribution is 2.35. The quantitative estimate of drug-likeness (QED) is 0.859. The second-order valence-corrected chi connectivity index (χ2v) is 7.58. The van der Waals surface area contributed by atoms with Gasteiger partial charge in [-0.2, -0.15) is 4.31 Å². The molecule has 4 nitrogen and oxygen atoms in total. The number of halogens is 3. The summed E-state index contributed by atoms with van der Waals surface area (Å²) < 4.78 is 40.2. The number of sulfonamides is 1. The van der Waals surface area contributed by atoms with Crippen LogP contribution in [0.25, 0.3) is 0 Å². The first-order valence-electron chi connectivity index (χ1n) is 6.14. The van der Waals surface area contributed by atoms with Crippen molar-refractivity contribution in [3.8, 4) is 0 Å². The van der Waals surface area contributed by atoms with Crippen molar-refractivity contribution in [2.24, 2.45) is 11.7 Å². The molecule has 20 heavy (non-hydrogen) atoms. The molecule has 1 saturated heterocycles. The largest absolute Gasteiger partial charge is 0.330 e. The summed E-state index contributed by atoms with van der Waals surface area (Å²) in [7, 11) is -3.85. The highest BCUT2D eigenvalue weighted by atomic mass is 35.5. The van der Waals surface area contributed by atoms with Gasteiger partial charge in [0, 0.05) is 12.6 Å². The summed E-state index contributed by atoms with van der Waals surface area (Å²) in [5, 5.41) is -0.677. The SMILES string of the molecule is CC1CC(CN)CN1S(=O)(=O)c1ccc(Cl)c(F)c1Cl. The second-order valence-electron chi connectivity index (χ2n) is 4.93. The predicted octanol–water partition coefficient (Wildman–Crippen LogP) is 2.49. The topological polar surface area (TPSA) is 63.4 Å². The van der Waals surface area contributed by atoms with Crippen LogP contribution in [0.5, 0.6) is 0 Å². The molecule has 0 amide bonds. The lowest BCUT2D eigenvalue weighted by atomic mass is 10.1. The Bertz CT molecular complexity index is 624. The van der Waals surface area contributed by atoms with Crippen molar-refractivity contribution in [1.82, 2.24) is 4.31 Å². The van der Waals surface area contributed by atoms with Gasteiger partial charge in [-0.3, -0.25) is 0 Å². The Morgan fingerprint density at radius 3 is 2.65 bits per heavy atom. The molecule has 2 atom stereocenters. The maximum absolute atomic E-state index is 13.7. The monoisotopic (exact) mass is 340 g/mol. The number of hydrogen-bond acceptors (Lipinski definition) is 3. The molecule has 1 fully saturated rings. The third-order valence-corrected chi connectivity index (χ3v) is 6.32. The molecular formula is C12H15Cl2FN2O2S. The summed E-state index contributed by atoms with van der Waals surface area (Å²) >= 11 is 11.4. The molecule has 0 saturated carbocycles. The Morgan fingerprint density at radius 1 is 1.45 bits per heavy atom. The first kappa shape index (κ1) is 16.0. The minimum Gasteiger partial charge on any atom is -0.330 e. The fourth-order valence-corrected chi connectivity index (χ4v) is 4.89. The van der Waals surface area contributed by atoms with E-state index < -0.39 is 20.9 Å². The van der Waals surface area contributed by atoms with E-state index in [1.807, 2.05) is 0 Å². The van der Waals surface area contributed by atoms with Gasteiger partial charge in [0.05, 0.1) is 10.0 Å². The van der Waals surface area contributed by atoms with Gasteiger partial charge in [0.2, 0.25) is 10.0 Å². The normalized spacial score (nSPS) is 24.2. The van der Waals surface area contributed by atoms with E-state index in [1.165, 1.54) is 16.4 Å². The third kappa shape index (κ3) is 2.67. The summed E-state index contributed by atoms with van der Waals surface area (Å²) in [6.45, 7) is 2.53. The van der Waals surface area contributed by atoms with Crippen molar-refractivity contribution in [3.05, 3.63) is 28.0 Å². The summed E-state index contributed by atoms with van der Waals surface area (Å²) in [5.74, 6) is -0.813. The lowest BCUT2D eigenvalue weighted by Gasteiger charge is -2.21. The zero-order chi connectivity index (χ0) is 15.1. The van der Waals surface area contributed by atoms with Crippen molar-refractivity contribution in [3.63, 3.8) is 0 Å². The van der Waals surface area contributed by atoms with E-state index in [4.69, 9.17) is 28.9 Å². The van der Waals surface area contributed by atoms with Gasteiger partial charge >= 0.3 is 0 Å². The summed E-state index contributed by atoms with van der Waals surface area (Å²) in [6.07, 6.45) is 0.684. The maximum atomic E-state index is 13.7. The fourth-order valence-electron chi connectivity index (χ4n) is 2.45. The fraction of sp³-hybridized carbons (Fsp3) is 0.500. The van der Waals surface area contributed by atoms with Gasteiger partial charge in [0.1, 0.15) is 4.90 Å². The van der Waals surface area contributed by atoms with E-state index in [2.05, 4.69) is 0 Å². The lowest BCUT2D eigenvalue weighted by Crippen LogP contribution is -2.34. The molecule has 2 N–H and O–H groups in total. The van der Waals surface area contributed by atoms with Crippen molar-refractivity contribution in [2.75, 3.05) is 13.1 Å². The standard InChI is InChI=1S/C12H15Cl2FN2O2S/c1-7-4-8(5-16)6-17(7)20(18,19)10-3-2-9(13)12(15)11(10)14/h2-3,7-8H,4-6,16H2,1H3. The van der Waals surface area contributed by atoms with Crippen LogP contribution < -0.4 is 5.73 Å². The number of hydrogen-bond donors (Lipinski definition) is 1. The molecule has 1 heterocycles. The molecule has 1 aromatic rings. The molecule has 0 aromatic heterocycles. The van der Waals surface area contributed by atoms with Crippen molar-refractivity contribution in [1.29, 1.82) is 0 Å². The molecule has 0 spiro atoms. The molecular weight excluding hydrogens is 326 g/mol. The van der Waals surface area contributed by atoms with Crippen molar-refractivity contribution < 1.29 is 12.8 Å². The molecule has 1 aliphatic heterocycles. The molecule has 2 rings (SSSR count). The number of benzene rings is 1. The highest BCUT2D eigenvalue weighted by Gasteiger charge is 2.38. The summed E-state index contributed by atoms with van der Waals surface area (Å²) in [6, 6.07) is 2.23. The van der Waals surface area contributed by atoms with Gasteiger partial charge < -0.3 is 5.73 Å². The van der Waals surface area contributed by atoms with Gasteiger partial charge in [0.15, 0.2) is 5.82 Å². The van der Waals surface area contributed by atoms with E-state index in [0.29, 0.717) is 19.5 Å². The molecule has 8 heteroatoms. The molecule has 112 valence electrons. The molecule has 0 radical (unpaired) electrons. The first-order valence-corrected chi connectivity index (χ1v) is 8.34. The Balaban J connectivity index is 2.44. The Hall–Kier alpha value is -0.400. The van der Waals surface area contributed by atoms with Gasteiger partial charge in [-0.05, 0) is 37.9 Å². The van der Waals surface area contributed by atoms with Gasteiger partial charge in [-0.1, -0.05) is 23.2 Å². The number of nitrogens with zero attached hydrogens (tertiary/aromatic N) is 1. The predicted molar refractivity (Wildman–Crippen MR) is 76.9 cm³/mol. The highest BCUT2D eigenvalue weighted by molar-refractivity contribution is 7.89. The van der Waals surface area contributed by atoms with Gasteiger partial charge in [0.25, 0.3) is 0 Å². The Labute approximate surface area is 127 Å². The summed E-state index contributed by atoms with van der Waals surface area (Å²) in [4.78, 5) is -0.259. The minimum absolute atomic E-state index is 0.107. The van der Waals surface area contributed by atoms with E-state index in [9.17, 15) is 12.8 Å². The smallest absolute Gasteiger partial charge is 0.244 e. The molecule has 1 aromatic carbocycles. The first-order chi connectivity index (χ1) is 9.28. The van der Waals surface area contributed by atoms with Crippen LogP contribution in [0.4, 0.5) is 4.39 Å². The van der Waals surface area contributed by atoms with Crippen LogP contribution in [-0.2, 0) is 10.0 Å². The molecule has 2 unspecified atom stereocenters. The van der Waals surface area contributed by atoms with Crippen LogP contribution >= 0.6 is 23.2 Å². The average Bonchev–Trinajstić information content (AvgIpc) is 2.78. The molecule has 0 bridgehead atoms. The van der Waals surface area contributed by atoms with E-state index >= 15 is 0 Å². The Morgan fingerprint density at radius 2 is 2.10 bits per heavy atom. The van der Waals surface area contributed by atoms with Crippen molar-refractivity contribution >= 4 is 33.2 Å². The van der Waals surface area contributed by atoms with Crippen LogP contribution in [0.3, 0.4) is 0 Å². The van der Waals surface area contributed by atoms with E-state index in [0.717, 1.165) is 0 Å². The molecule has 0 aliphatic carbocycles. The third-order valence-electron chi connectivity index (χ3n) is 3.52. The zero-order valence-electron chi connectivity index (χ0n) is 10.8. The van der Waals surface area contributed by atoms with Gasteiger partial charge in [-0.15, -0.1) is 0 Å². The maximum Gasteiger partial charge on any atom is 0.244 e.